The van der Waals surface area contributed by atoms with Gasteiger partial charge in [-0.05, 0) is 0 Å². The third-order valence-corrected chi connectivity index (χ3v) is 5.21. The molecule has 0 saturated heterocycles. The number of anilines is 2. The van der Waals surface area contributed by atoms with E-state index in [1.165, 1.54) is 6.33 Å². The Bertz CT molecular complexity index is 1260. The van der Waals surface area contributed by atoms with Gasteiger partial charge < -0.3 is 20.3 Å². The molecule has 0 fully saturated rings. The van der Waals surface area contributed by atoms with Crippen molar-refractivity contribution in [1.29, 1.82) is 0 Å². The lowest BCUT2D eigenvalue weighted by Gasteiger charge is -2.03. The summed E-state index contributed by atoms with van der Waals surface area (Å²) in [5.74, 6) is 1.93. The van der Waals surface area contributed by atoms with Crippen molar-refractivity contribution in [2.24, 2.45) is 4.99 Å². The van der Waals surface area contributed by atoms with Crippen LogP contribution in [0.3, 0.4) is 0 Å². The molecule has 140 valence electrons. The van der Waals surface area contributed by atoms with Crippen LogP contribution in [0, 0.1) is 0 Å². The van der Waals surface area contributed by atoms with Crippen LogP contribution in [0.2, 0.25) is 0 Å². The Morgan fingerprint density at radius 2 is 1.64 bits per heavy atom. The predicted molar refractivity (Wildman–Crippen MR) is 119 cm³/mol. The number of nitrogens with zero attached hydrogens (tertiary/aromatic N) is 3. The van der Waals surface area contributed by atoms with E-state index < -0.39 is 0 Å². The number of thiol groups is 2. The molecule has 9 heteroatoms. The molecule has 0 saturated carbocycles. The number of nitrogens with one attached hydrogen (secondary N) is 4. The lowest BCUT2D eigenvalue weighted by molar-refractivity contribution is 1.11. The highest BCUT2D eigenvalue weighted by Gasteiger charge is 2.11. The number of H-pyrrole nitrogens is 3. The van der Waals surface area contributed by atoms with Gasteiger partial charge in [0.2, 0.25) is 0 Å². The average Bonchev–Trinajstić information content (AvgIpc) is 3.37. The van der Waals surface area contributed by atoms with Gasteiger partial charge >= 0.3 is 0 Å². The maximum atomic E-state index is 4.62. The van der Waals surface area contributed by atoms with Gasteiger partial charge in [0.05, 0.1) is 9.79 Å². The second-order valence-electron chi connectivity index (χ2n) is 5.88. The predicted octanol–water partition coefficient (Wildman–Crippen LogP) is 4.45. The van der Waals surface area contributed by atoms with Crippen molar-refractivity contribution in [3.63, 3.8) is 0 Å². The summed E-state index contributed by atoms with van der Waals surface area (Å²) in [6.45, 7) is 7.54. The molecule has 0 spiro atoms. The normalized spacial score (nSPS) is 11.7. The lowest BCUT2D eigenvalue weighted by atomic mass is 10.3. The van der Waals surface area contributed by atoms with E-state index in [4.69, 9.17) is 0 Å². The fraction of sp³-hybridized carbons (Fsp3) is 0. The Morgan fingerprint density at radius 1 is 0.929 bits per heavy atom. The van der Waals surface area contributed by atoms with Gasteiger partial charge in [-0.3, -0.25) is 0 Å². The van der Waals surface area contributed by atoms with E-state index in [1.807, 2.05) is 18.6 Å². The van der Waals surface area contributed by atoms with E-state index in [9.17, 15) is 0 Å². The molecular weight excluding hydrogens is 390 g/mol. The van der Waals surface area contributed by atoms with Crippen LogP contribution in [0.4, 0.5) is 17.5 Å². The summed E-state index contributed by atoms with van der Waals surface area (Å²) in [7, 11) is 0. The van der Waals surface area contributed by atoms with Gasteiger partial charge in [0.25, 0.3) is 0 Å². The van der Waals surface area contributed by atoms with E-state index in [1.54, 1.807) is 18.3 Å². The monoisotopic (exact) mass is 407 g/mol. The number of rotatable bonds is 5. The lowest BCUT2D eigenvalue weighted by Crippen LogP contribution is -2.03. The Kier molecular flexibility index (Phi) is 4.84. The van der Waals surface area contributed by atoms with Crippen LogP contribution in [0.1, 0.15) is 11.1 Å². The number of aromatic amines is 3. The molecular formula is C19H17N7S2. The molecule has 0 unspecified atom stereocenters. The molecule has 4 heterocycles. The van der Waals surface area contributed by atoms with Crippen LogP contribution < -0.4 is 10.8 Å². The molecule has 0 radical (unpaired) electrons. The average molecular weight is 408 g/mol. The van der Waals surface area contributed by atoms with E-state index in [0.717, 1.165) is 32.6 Å². The molecule has 28 heavy (non-hydrogen) atoms. The Labute approximate surface area is 171 Å². The molecule has 0 bridgehead atoms. The molecule has 4 aromatic heterocycles. The van der Waals surface area contributed by atoms with Crippen molar-refractivity contribution in [3.05, 3.63) is 60.9 Å². The Hall–Kier alpha value is -3.17. The van der Waals surface area contributed by atoms with Crippen molar-refractivity contribution in [2.45, 2.75) is 9.79 Å². The number of hydrogen-bond acceptors (Lipinski definition) is 6. The van der Waals surface area contributed by atoms with Crippen LogP contribution in [-0.2, 0) is 0 Å². The van der Waals surface area contributed by atoms with Gasteiger partial charge in [0.15, 0.2) is 5.49 Å². The van der Waals surface area contributed by atoms with Crippen molar-refractivity contribution in [2.75, 3.05) is 5.32 Å². The number of aromatic nitrogens is 5. The first kappa shape index (κ1) is 18.2. The highest BCUT2D eigenvalue weighted by atomic mass is 32.1. The highest BCUT2D eigenvalue weighted by molar-refractivity contribution is 7.80. The van der Waals surface area contributed by atoms with E-state index in [0.29, 0.717) is 22.0 Å². The molecule has 4 N–H and O–H groups in total. The summed E-state index contributed by atoms with van der Waals surface area (Å²) < 4.78 is 0. The van der Waals surface area contributed by atoms with Gasteiger partial charge in [0.1, 0.15) is 23.8 Å². The van der Waals surface area contributed by atoms with Crippen LogP contribution in [0.25, 0.3) is 22.9 Å². The quantitative estimate of drug-likeness (QED) is 0.276. The largest absolute Gasteiger partial charge is 0.366 e. The Morgan fingerprint density at radius 3 is 2.36 bits per heavy atom. The Balaban J connectivity index is 1.85. The van der Waals surface area contributed by atoms with Crippen LogP contribution >= 0.6 is 25.3 Å². The van der Waals surface area contributed by atoms with Crippen LogP contribution in [-0.4, -0.2) is 24.9 Å². The zero-order valence-corrected chi connectivity index (χ0v) is 16.5. The van der Waals surface area contributed by atoms with Crippen molar-refractivity contribution in [1.82, 2.24) is 24.9 Å². The van der Waals surface area contributed by atoms with Gasteiger partial charge in [-0.25, -0.2) is 15.0 Å². The van der Waals surface area contributed by atoms with Gasteiger partial charge in [-0.15, -0.1) is 25.3 Å². The van der Waals surface area contributed by atoms with Gasteiger partial charge in [0, 0.05) is 46.7 Å². The first-order valence-electron chi connectivity index (χ1n) is 8.31. The summed E-state index contributed by atoms with van der Waals surface area (Å²) in [5, 5.41) is 4.90. The standard InChI is InChI=1S/C19H17N7S2/c1-3-10-5-21-18(14(10)27)25-16-12-7-20-8-13(12)17(24-9-23-16)26-19-15(28)11(4-2)6-22-19/h3-9,20-22,27-28H,1-2H2,(H,23,24,25,26). The minimum atomic E-state index is 0.508. The first-order valence-corrected chi connectivity index (χ1v) is 9.21. The fourth-order valence-electron chi connectivity index (χ4n) is 2.78. The van der Waals surface area contributed by atoms with Crippen molar-refractivity contribution < 1.29 is 0 Å². The molecule has 0 atom stereocenters. The minimum Gasteiger partial charge on any atom is -0.366 e. The summed E-state index contributed by atoms with van der Waals surface area (Å²) in [6.07, 6.45) is 12.2. The highest BCUT2D eigenvalue weighted by Crippen LogP contribution is 2.29. The summed E-state index contributed by atoms with van der Waals surface area (Å²) in [6, 6.07) is 0. The third kappa shape index (κ3) is 3.14. The first-order chi connectivity index (χ1) is 13.6. The topological polar surface area (TPSA) is 97.5 Å². The van der Waals surface area contributed by atoms with Crippen molar-refractivity contribution in [3.8, 4) is 0 Å². The zero-order chi connectivity index (χ0) is 19.7. The van der Waals surface area contributed by atoms with E-state index >= 15 is 0 Å². The van der Waals surface area contributed by atoms with Gasteiger partial charge in [-0.1, -0.05) is 25.3 Å². The molecule has 0 aliphatic heterocycles. The summed E-state index contributed by atoms with van der Waals surface area (Å²) in [4.78, 5) is 24.2. The summed E-state index contributed by atoms with van der Waals surface area (Å²) in [5.41, 5.74) is 2.28. The van der Waals surface area contributed by atoms with Crippen LogP contribution in [0.5, 0.6) is 0 Å². The summed E-state index contributed by atoms with van der Waals surface area (Å²) >= 11 is 9.02. The molecule has 7 nitrogen and oxygen atoms in total. The molecule has 4 aromatic rings. The second kappa shape index (κ2) is 7.45. The maximum Gasteiger partial charge on any atom is 0.165 e. The van der Waals surface area contributed by atoms with E-state index in [-0.39, 0.29) is 0 Å². The number of hydrogen-bond donors (Lipinski definition) is 6. The SMILES string of the molecule is C=Cc1c[nH]c(/N=c2\ncnc(Nc3[nH]cc(C=C)c3S)c3c[nH]cc23)c1S. The molecule has 0 aliphatic rings. The van der Waals surface area contributed by atoms with E-state index in [2.05, 4.69) is 73.6 Å². The van der Waals surface area contributed by atoms with Crippen LogP contribution in [0.15, 0.2) is 59.1 Å². The maximum absolute atomic E-state index is 4.62. The third-order valence-electron chi connectivity index (χ3n) is 4.25. The minimum absolute atomic E-state index is 0.508. The number of fused-ring (bicyclic) bond motifs is 1. The fourth-order valence-corrected chi connectivity index (χ4v) is 3.33. The van der Waals surface area contributed by atoms with Crippen molar-refractivity contribution >= 4 is 65.6 Å². The zero-order valence-electron chi connectivity index (χ0n) is 14.7. The molecule has 0 aliphatic carbocycles. The van der Waals surface area contributed by atoms with Gasteiger partial charge in [-0.2, -0.15) is 0 Å². The smallest absolute Gasteiger partial charge is 0.165 e. The second-order valence-corrected chi connectivity index (χ2v) is 6.78. The molecule has 0 amide bonds. The molecule has 4 rings (SSSR count). The molecule has 0 aromatic carbocycles.